The van der Waals surface area contributed by atoms with Gasteiger partial charge in [0.2, 0.25) is 0 Å². The molecule has 122 valence electrons. The fourth-order valence-electron chi connectivity index (χ4n) is 3.59. The molecule has 0 aliphatic carbocycles. The third-order valence-corrected chi connectivity index (χ3v) is 5.77. The number of ether oxygens (including phenoxy) is 2. The monoisotopic (exact) mass is 324 g/mol. The van der Waals surface area contributed by atoms with Crippen LogP contribution in [0.1, 0.15) is 46.1 Å². The van der Waals surface area contributed by atoms with E-state index < -0.39 is 0 Å². The molecule has 5 nitrogen and oxygen atoms in total. The number of carbonyl (C=O) groups excluding carboxylic acids is 1. The summed E-state index contributed by atoms with van der Waals surface area (Å²) in [7, 11) is 1.65. The number of hydrogen-bond acceptors (Lipinski definition) is 5. The van der Waals surface area contributed by atoms with Crippen molar-refractivity contribution >= 4 is 17.2 Å². The van der Waals surface area contributed by atoms with E-state index >= 15 is 0 Å². The molecule has 3 heterocycles. The summed E-state index contributed by atoms with van der Waals surface area (Å²) in [6.45, 7) is 5.71. The first-order valence-electron chi connectivity index (χ1n) is 7.96. The molecule has 1 aromatic rings. The normalized spacial score (nSPS) is 25.6. The lowest BCUT2D eigenvalue weighted by Crippen LogP contribution is -2.49. The summed E-state index contributed by atoms with van der Waals surface area (Å²) in [5.74, 6) is 0.127. The Morgan fingerprint density at radius 2 is 2.27 bits per heavy atom. The summed E-state index contributed by atoms with van der Waals surface area (Å²) < 4.78 is 10.8. The zero-order valence-corrected chi connectivity index (χ0v) is 14.2. The first-order valence-corrected chi connectivity index (χ1v) is 8.77. The number of aromatic nitrogens is 1. The van der Waals surface area contributed by atoms with Crippen LogP contribution in [0.5, 0.6) is 0 Å². The Kier molecular flexibility index (Phi) is 4.80. The van der Waals surface area contributed by atoms with Gasteiger partial charge in [-0.15, -0.1) is 11.3 Å². The van der Waals surface area contributed by atoms with E-state index in [9.17, 15) is 4.79 Å². The summed E-state index contributed by atoms with van der Waals surface area (Å²) >= 11 is 1.46. The van der Waals surface area contributed by atoms with E-state index in [-0.39, 0.29) is 11.3 Å². The van der Waals surface area contributed by atoms with E-state index in [2.05, 4.69) is 4.98 Å². The van der Waals surface area contributed by atoms with Crippen molar-refractivity contribution < 1.29 is 14.3 Å². The second-order valence-corrected chi connectivity index (χ2v) is 7.53. The maximum Gasteiger partial charge on any atom is 0.265 e. The number of amides is 1. The number of nitrogens with zero attached hydrogens (tertiary/aromatic N) is 2. The highest BCUT2D eigenvalue weighted by atomic mass is 32.1. The molecule has 0 aromatic carbocycles. The van der Waals surface area contributed by atoms with Crippen molar-refractivity contribution in [3.05, 3.63) is 15.6 Å². The first-order chi connectivity index (χ1) is 10.6. The SMILES string of the molecule is COCc1nc(C)c(C(=O)N2CCC[C@]3(CCCOC3)C2)s1. The van der Waals surface area contributed by atoms with Gasteiger partial charge in [-0.1, -0.05) is 0 Å². The third kappa shape index (κ3) is 3.19. The van der Waals surface area contributed by atoms with Gasteiger partial charge in [0.05, 0.1) is 18.9 Å². The van der Waals surface area contributed by atoms with Crippen LogP contribution in [0, 0.1) is 12.3 Å². The first kappa shape index (κ1) is 15.9. The Bertz CT molecular complexity index is 532. The molecular formula is C16H24N2O3S. The Labute approximate surface area is 135 Å². The third-order valence-electron chi connectivity index (χ3n) is 4.66. The van der Waals surface area contributed by atoms with Gasteiger partial charge in [0.1, 0.15) is 9.88 Å². The minimum Gasteiger partial charge on any atom is -0.381 e. The highest BCUT2D eigenvalue weighted by Crippen LogP contribution is 2.38. The lowest BCUT2D eigenvalue weighted by atomic mass is 9.76. The number of rotatable bonds is 3. The summed E-state index contributed by atoms with van der Waals surface area (Å²) in [4.78, 5) is 20.1. The Balaban J connectivity index is 1.74. The van der Waals surface area contributed by atoms with E-state index in [4.69, 9.17) is 9.47 Å². The maximum absolute atomic E-state index is 12.9. The van der Waals surface area contributed by atoms with Crippen molar-refractivity contribution in [2.24, 2.45) is 5.41 Å². The molecule has 3 rings (SSSR count). The van der Waals surface area contributed by atoms with Gasteiger partial charge in [-0.2, -0.15) is 0 Å². The molecule has 0 saturated carbocycles. The zero-order valence-electron chi connectivity index (χ0n) is 13.4. The van der Waals surface area contributed by atoms with Crippen LogP contribution in [0.4, 0.5) is 0 Å². The number of carbonyl (C=O) groups is 1. The van der Waals surface area contributed by atoms with Crippen molar-refractivity contribution in [1.29, 1.82) is 0 Å². The molecule has 1 aromatic heterocycles. The van der Waals surface area contributed by atoms with Crippen LogP contribution in [0.15, 0.2) is 0 Å². The van der Waals surface area contributed by atoms with E-state index in [1.165, 1.54) is 24.2 Å². The average Bonchev–Trinajstić information content (AvgIpc) is 2.88. The Hall–Kier alpha value is -0.980. The van der Waals surface area contributed by atoms with Crippen molar-refractivity contribution in [1.82, 2.24) is 9.88 Å². The van der Waals surface area contributed by atoms with Gasteiger partial charge < -0.3 is 14.4 Å². The molecule has 1 atom stereocenters. The minimum absolute atomic E-state index is 0.127. The maximum atomic E-state index is 12.9. The van der Waals surface area contributed by atoms with Gasteiger partial charge >= 0.3 is 0 Å². The van der Waals surface area contributed by atoms with E-state index in [1.807, 2.05) is 11.8 Å². The van der Waals surface area contributed by atoms with Gasteiger partial charge in [-0.3, -0.25) is 4.79 Å². The minimum atomic E-state index is 0.127. The molecule has 0 radical (unpaired) electrons. The predicted octanol–water partition coefficient (Wildman–Crippen LogP) is 2.63. The van der Waals surface area contributed by atoms with E-state index in [1.54, 1.807) is 7.11 Å². The topological polar surface area (TPSA) is 51.7 Å². The molecule has 2 aliphatic heterocycles. The van der Waals surface area contributed by atoms with Crippen molar-refractivity contribution in [3.8, 4) is 0 Å². The molecule has 0 unspecified atom stereocenters. The molecule has 0 bridgehead atoms. The number of aryl methyl sites for hydroxylation is 1. The summed E-state index contributed by atoms with van der Waals surface area (Å²) in [5.41, 5.74) is 1.00. The van der Waals surface area contributed by atoms with Crippen molar-refractivity contribution in [2.75, 3.05) is 33.4 Å². The second kappa shape index (κ2) is 6.64. The lowest BCUT2D eigenvalue weighted by Gasteiger charge is -2.44. The van der Waals surface area contributed by atoms with E-state index in [0.717, 1.165) is 54.7 Å². The van der Waals surface area contributed by atoms with Gasteiger partial charge in [-0.25, -0.2) is 4.98 Å². The number of methoxy groups -OCH3 is 1. The lowest BCUT2D eigenvalue weighted by molar-refractivity contribution is -0.0433. The molecule has 1 amide bonds. The van der Waals surface area contributed by atoms with Crippen LogP contribution < -0.4 is 0 Å². The van der Waals surface area contributed by atoms with Gasteiger partial charge in [0, 0.05) is 32.2 Å². The molecule has 6 heteroatoms. The molecule has 1 spiro atoms. The van der Waals surface area contributed by atoms with Crippen LogP contribution in [-0.4, -0.2) is 49.2 Å². The van der Waals surface area contributed by atoms with Gasteiger partial charge in [0.25, 0.3) is 5.91 Å². The zero-order chi connectivity index (χ0) is 15.6. The Morgan fingerprint density at radius 3 is 3.00 bits per heavy atom. The molecule has 2 saturated heterocycles. The van der Waals surface area contributed by atoms with Crippen molar-refractivity contribution in [2.45, 2.75) is 39.2 Å². The predicted molar refractivity (Wildman–Crippen MR) is 85.2 cm³/mol. The molecule has 0 N–H and O–H groups in total. The average molecular weight is 324 g/mol. The van der Waals surface area contributed by atoms with Crippen LogP contribution in [0.2, 0.25) is 0 Å². The summed E-state index contributed by atoms with van der Waals surface area (Å²) in [5, 5.41) is 0.871. The Morgan fingerprint density at radius 1 is 1.45 bits per heavy atom. The van der Waals surface area contributed by atoms with Crippen LogP contribution in [-0.2, 0) is 16.1 Å². The molecule has 2 aliphatic rings. The molecular weight excluding hydrogens is 300 g/mol. The number of piperidine rings is 1. The van der Waals surface area contributed by atoms with Gasteiger partial charge in [-0.05, 0) is 32.6 Å². The fourth-order valence-corrected chi connectivity index (χ4v) is 4.60. The second-order valence-electron chi connectivity index (χ2n) is 6.44. The van der Waals surface area contributed by atoms with E-state index in [0.29, 0.717) is 6.61 Å². The largest absolute Gasteiger partial charge is 0.381 e. The smallest absolute Gasteiger partial charge is 0.265 e. The van der Waals surface area contributed by atoms with Gasteiger partial charge in [0.15, 0.2) is 0 Å². The standard InChI is InChI=1S/C16H24N2O3S/c1-12-14(22-13(17-12)9-20-2)15(19)18-7-3-5-16(10-18)6-4-8-21-11-16/h3-11H2,1-2H3/t16-/m0/s1. The number of thiazole rings is 1. The fraction of sp³-hybridized carbons (Fsp3) is 0.750. The number of hydrogen-bond donors (Lipinski definition) is 0. The van der Waals surface area contributed by atoms with Crippen LogP contribution in [0.25, 0.3) is 0 Å². The molecule has 2 fully saturated rings. The van der Waals surface area contributed by atoms with Crippen molar-refractivity contribution in [3.63, 3.8) is 0 Å². The molecule has 22 heavy (non-hydrogen) atoms. The summed E-state index contributed by atoms with van der Waals surface area (Å²) in [6, 6.07) is 0. The highest BCUT2D eigenvalue weighted by molar-refractivity contribution is 7.13. The van der Waals surface area contributed by atoms with Crippen LogP contribution >= 0.6 is 11.3 Å². The quantitative estimate of drug-likeness (QED) is 0.858. The van der Waals surface area contributed by atoms with Crippen LogP contribution in [0.3, 0.4) is 0 Å². The summed E-state index contributed by atoms with van der Waals surface area (Å²) in [6.07, 6.45) is 4.53. The number of likely N-dealkylation sites (tertiary alicyclic amines) is 1. The highest BCUT2D eigenvalue weighted by Gasteiger charge is 2.39.